The Balaban J connectivity index is 0.000000477. The number of aromatic nitrogens is 2. The lowest BCUT2D eigenvalue weighted by Crippen LogP contribution is -1.95. The molecule has 0 radical (unpaired) electrons. The molecule has 4 aromatic carbocycles. The van der Waals surface area contributed by atoms with Crippen LogP contribution in [-0.2, 0) is 0 Å². The van der Waals surface area contributed by atoms with Crippen LogP contribution in [0.15, 0.2) is 92.0 Å². The van der Waals surface area contributed by atoms with Crippen LogP contribution < -0.4 is 0 Å². The molecule has 1 aliphatic rings. The first kappa shape index (κ1) is 23.7. The van der Waals surface area contributed by atoms with E-state index < -0.39 is 0 Å². The van der Waals surface area contributed by atoms with Crippen LogP contribution >= 0.6 is 0 Å². The van der Waals surface area contributed by atoms with Crippen molar-refractivity contribution >= 4 is 33.7 Å². The number of rotatable bonds is 4. The van der Waals surface area contributed by atoms with E-state index >= 15 is 0 Å². The van der Waals surface area contributed by atoms with E-state index in [1.807, 2.05) is 37.3 Å². The number of hydrogen-bond donors (Lipinski definition) is 0. The lowest BCUT2D eigenvalue weighted by atomic mass is 9.90. The minimum atomic E-state index is 0.759. The SMILES string of the molecule is C1CCCC1.C=Cc1c(C=C)c2ccc(-c3cc(-c4ccccc4)nc(C)n3)cc2c2ccccc12. The highest BCUT2D eigenvalue weighted by Crippen LogP contribution is 2.36. The van der Waals surface area contributed by atoms with Crippen molar-refractivity contribution in [1.29, 1.82) is 0 Å². The summed E-state index contributed by atoms with van der Waals surface area (Å²) in [5.74, 6) is 0.759. The van der Waals surface area contributed by atoms with E-state index in [1.165, 1.54) is 53.6 Å². The Morgan fingerprint density at radius 1 is 0.556 bits per heavy atom. The van der Waals surface area contributed by atoms with Gasteiger partial charge in [-0.1, -0.05) is 124 Å². The molecule has 5 aromatic rings. The Bertz CT molecular complexity index is 1540. The van der Waals surface area contributed by atoms with E-state index in [0.29, 0.717) is 0 Å². The van der Waals surface area contributed by atoms with Crippen LogP contribution in [-0.4, -0.2) is 9.97 Å². The number of hydrogen-bond acceptors (Lipinski definition) is 2. The second kappa shape index (κ2) is 10.7. The molecular formula is C34H32N2. The molecule has 0 amide bonds. The average molecular weight is 469 g/mol. The molecule has 1 heterocycles. The van der Waals surface area contributed by atoms with Crippen LogP contribution in [0.2, 0.25) is 0 Å². The van der Waals surface area contributed by atoms with Gasteiger partial charge in [-0.2, -0.15) is 0 Å². The van der Waals surface area contributed by atoms with Gasteiger partial charge in [-0.05, 0) is 51.7 Å². The molecular weight excluding hydrogens is 436 g/mol. The first-order valence-corrected chi connectivity index (χ1v) is 12.8. The molecule has 1 aromatic heterocycles. The topological polar surface area (TPSA) is 25.8 Å². The highest BCUT2D eigenvalue weighted by molar-refractivity contribution is 6.15. The highest BCUT2D eigenvalue weighted by atomic mass is 14.9. The van der Waals surface area contributed by atoms with Gasteiger partial charge in [0.25, 0.3) is 0 Å². The minimum absolute atomic E-state index is 0.759. The summed E-state index contributed by atoms with van der Waals surface area (Å²) in [6, 6.07) is 27.3. The second-order valence-corrected chi connectivity index (χ2v) is 9.36. The van der Waals surface area contributed by atoms with Gasteiger partial charge in [0.1, 0.15) is 5.82 Å². The van der Waals surface area contributed by atoms with E-state index in [4.69, 9.17) is 4.98 Å². The maximum atomic E-state index is 4.75. The zero-order chi connectivity index (χ0) is 24.9. The first-order chi connectivity index (χ1) is 17.7. The molecule has 0 unspecified atom stereocenters. The summed E-state index contributed by atoms with van der Waals surface area (Å²) in [6.07, 6.45) is 11.3. The van der Waals surface area contributed by atoms with Gasteiger partial charge in [0, 0.05) is 11.1 Å². The predicted molar refractivity (Wildman–Crippen MR) is 156 cm³/mol. The molecule has 1 saturated carbocycles. The third kappa shape index (κ3) is 4.72. The standard InChI is InChI=1S/C29H22N2.C5H10/c1-4-22-23(5-2)26-16-15-21(17-27(26)25-14-10-9-13-24(22)25)29-18-28(30-19(3)31-29)20-11-7-6-8-12-20;1-2-4-5-3-1/h4-18H,1-2H2,3H3;1-5H2. The second-order valence-electron chi connectivity index (χ2n) is 9.36. The van der Waals surface area contributed by atoms with Crippen molar-refractivity contribution in [2.45, 2.75) is 39.0 Å². The van der Waals surface area contributed by atoms with Crippen LogP contribution in [0, 0.1) is 6.92 Å². The monoisotopic (exact) mass is 468 g/mol. The van der Waals surface area contributed by atoms with E-state index in [0.717, 1.165) is 39.5 Å². The van der Waals surface area contributed by atoms with Gasteiger partial charge in [0.15, 0.2) is 0 Å². The number of nitrogens with zero attached hydrogens (tertiary/aromatic N) is 2. The molecule has 0 atom stereocenters. The third-order valence-corrected chi connectivity index (χ3v) is 6.97. The number of benzene rings is 4. The van der Waals surface area contributed by atoms with Crippen LogP contribution in [0.5, 0.6) is 0 Å². The molecule has 2 heteroatoms. The van der Waals surface area contributed by atoms with Crippen molar-refractivity contribution in [3.05, 3.63) is 109 Å². The molecule has 0 N–H and O–H groups in total. The van der Waals surface area contributed by atoms with Crippen molar-refractivity contribution in [3.8, 4) is 22.5 Å². The van der Waals surface area contributed by atoms with E-state index in [1.54, 1.807) is 0 Å². The molecule has 2 nitrogen and oxygen atoms in total. The molecule has 1 fully saturated rings. The maximum absolute atomic E-state index is 4.75. The van der Waals surface area contributed by atoms with Gasteiger partial charge in [-0.3, -0.25) is 0 Å². The Kier molecular flexibility index (Phi) is 7.04. The van der Waals surface area contributed by atoms with Crippen molar-refractivity contribution in [1.82, 2.24) is 9.97 Å². The van der Waals surface area contributed by atoms with Crippen molar-refractivity contribution in [2.75, 3.05) is 0 Å². The molecule has 178 valence electrons. The number of fused-ring (bicyclic) bond motifs is 3. The van der Waals surface area contributed by atoms with Gasteiger partial charge < -0.3 is 0 Å². The normalized spacial score (nSPS) is 12.8. The number of aryl methyl sites for hydroxylation is 1. The van der Waals surface area contributed by atoms with Crippen molar-refractivity contribution in [2.24, 2.45) is 0 Å². The first-order valence-electron chi connectivity index (χ1n) is 12.8. The van der Waals surface area contributed by atoms with Gasteiger partial charge in [-0.15, -0.1) is 0 Å². The van der Waals surface area contributed by atoms with E-state index in [-0.39, 0.29) is 0 Å². The zero-order valence-electron chi connectivity index (χ0n) is 21.0. The molecule has 0 bridgehead atoms. The van der Waals surface area contributed by atoms with Crippen molar-refractivity contribution < 1.29 is 0 Å². The van der Waals surface area contributed by atoms with Gasteiger partial charge >= 0.3 is 0 Å². The summed E-state index contributed by atoms with van der Waals surface area (Å²) in [6.45, 7) is 10.1. The fourth-order valence-electron chi connectivity index (χ4n) is 5.20. The molecule has 0 saturated heterocycles. The van der Waals surface area contributed by atoms with Crippen LogP contribution in [0.4, 0.5) is 0 Å². The molecule has 0 aliphatic heterocycles. The molecule has 0 spiro atoms. The Hall–Kier alpha value is -4.04. The predicted octanol–water partition coefficient (Wildman–Crippen LogP) is 9.66. The van der Waals surface area contributed by atoms with Gasteiger partial charge in [0.2, 0.25) is 0 Å². The smallest absolute Gasteiger partial charge is 0.126 e. The fourth-order valence-corrected chi connectivity index (χ4v) is 5.20. The summed E-state index contributed by atoms with van der Waals surface area (Å²) >= 11 is 0. The van der Waals surface area contributed by atoms with Crippen molar-refractivity contribution in [3.63, 3.8) is 0 Å². The minimum Gasteiger partial charge on any atom is -0.233 e. The maximum Gasteiger partial charge on any atom is 0.126 e. The summed E-state index contributed by atoms with van der Waals surface area (Å²) < 4.78 is 0. The van der Waals surface area contributed by atoms with Crippen LogP contribution in [0.3, 0.4) is 0 Å². The lowest BCUT2D eigenvalue weighted by molar-refractivity contribution is 0.886. The highest BCUT2D eigenvalue weighted by Gasteiger charge is 2.13. The Morgan fingerprint density at radius 2 is 1.08 bits per heavy atom. The average Bonchev–Trinajstić information content (AvgIpc) is 3.53. The molecule has 1 aliphatic carbocycles. The Labute approximate surface area is 214 Å². The molecule has 36 heavy (non-hydrogen) atoms. The quantitative estimate of drug-likeness (QED) is 0.245. The Morgan fingerprint density at radius 3 is 1.69 bits per heavy atom. The summed E-state index contributed by atoms with van der Waals surface area (Å²) in [4.78, 5) is 9.40. The summed E-state index contributed by atoms with van der Waals surface area (Å²) in [5.41, 5.74) is 6.24. The lowest BCUT2D eigenvalue weighted by Gasteiger charge is -2.14. The van der Waals surface area contributed by atoms with Gasteiger partial charge in [0.05, 0.1) is 11.4 Å². The molecule has 6 rings (SSSR count). The third-order valence-electron chi connectivity index (χ3n) is 6.97. The van der Waals surface area contributed by atoms with E-state index in [2.05, 4.69) is 78.8 Å². The van der Waals surface area contributed by atoms with Crippen LogP contribution in [0.25, 0.3) is 56.2 Å². The zero-order valence-corrected chi connectivity index (χ0v) is 21.0. The van der Waals surface area contributed by atoms with Crippen LogP contribution in [0.1, 0.15) is 49.1 Å². The largest absolute Gasteiger partial charge is 0.233 e. The fraction of sp³-hybridized carbons (Fsp3) is 0.176. The van der Waals surface area contributed by atoms with E-state index in [9.17, 15) is 0 Å². The van der Waals surface area contributed by atoms with Gasteiger partial charge in [-0.25, -0.2) is 9.97 Å². The summed E-state index contributed by atoms with van der Waals surface area (Å²) in [7, 11) is 0. The summed E-state index contributed by atoms with van der Waals surface area (Å²) in [5, 5.41) is 4.74.